The van der Waals surface area contributed by atoms with Crippen LogP contribution in [0.2, 0.25) is 0 Å². The van der Waals surface area contributed by atoms with Crippen molar-refractivity contribution >= 4 is 13.7 Å². The minimum Gasteiger partial charge on any atom is -0.387 e. The number of unbranched alkanes of at least 4 members (excludes halogenated alkanes) is 13. The molecular formula is C41H73N2O6P. The molecule has 0 heterocycles. The second-order valence-corrected chi connectivity index (χ2v) is 14.2. The SMILES string of the molecule is CC/C=C/CC/C=C/CC/C=C/C(O)C(COP(=O)(O)OCCN)NC(=O)CCCCCCCC/C=C\C/C=C\C/C=C\CCCCCCC. The Morgan fingerprint density at radius 3 is 1.76 bits per heavy atom. The topological polar surface area (TPSA) is 131 Å². The maximum absolute atomic E-state index is 12.7. The van der Waals surface area contributed by atoms with E-state index in [1.807, 2.05) is 6.08 Å². The minimum absolute atomic E-state index is 0.0655. The summed E-state index contributed by atoms with van der Waals surface area (Å²) in [7, 11) is -4.35. The Morgan fingerprint density at radius 1 is 0.680 bits per heavy atom. The fourth-order valence-corrected chi connectivity index (χ4v) is 5.82. The van der Waals surface area contributed by atoms with Gasteiger partial charge < -0.3 is 21.1 Å². The normalized spacial score (nSPS) is 15.1. The Bertz CT molecular complexity index is 1010. The van der Waals surface area contributed by atoms with Gasteiger partial charge >= 0.3 is 7.82 Å². The number of allylic oxidation sites excluding steroid dienone is 11. The number of hydrogen-bond acceptors (Lipinski definition) is 6. The molecule has 0 radical (unpaired) electrons. The van der Waals surface area contributed by atoms with Crippen LogP contribution in [0.5, 0.6) is 0 Å². The van der Waals surface area contributed by atoms with Gasteiger partial charge in [-0.3, -0.25) is 13.8 Å². The number of aliphatic hydroxyl groups excluding tert-OH is 1. The number of nitrogens with one attached hydrogen (secondary N) is 1. The van der Waals surface area contributed by atoms with E-state index in [9.17, 15) is 19.4 Å². The number of phosphoric ester groups is 1. The van der Waals surface area contributed by atoms with E-state index in [1.165, 1.54) is 51.4 Å². The second kappa shape index (κ2) is 36.7. The van der Waals surface area contributed by atoms with Gasteiger partial charge in [0.25, 0.3) is 0 Å². The molecule has 50 heavy (non-hydrogen) atoms. The van der Waals surface area contributed by atoms with Crippen LogP contribution < -0.4 is 11.1 Å². The fraction of sp³-hybridized carbons (Fsp3) is 0.683. The molecule has 0 bridgehead atoms. The standard InChI is InChI=1S/C41H73N2O6P/c1-3-5-7-9-11-13-15-16-17-18-19-20-21-22-23-24-25-27-29-31-33-35-41(45)43-39(38-49-50(46,47)48-37-36-42)40(44)34-32-30-28-26-14-12-10-8-6-4-2/h6,8,14-16,18-19,21-22,26,32,34,39-40,44H,3-5,7,9-13,17,20,23-25,27-31,33,35-38,42H2,1-2H3,(H,43,45)(H,46,47)/b8-6+,16-15-,19-18-,22-21-,26-14+,34-32+. The molecule has 0 rings (SSSR count). The molecular weight excluding hydrogens is 647 g/mol. The van der Waals surface area contributed by atoms with Crippen LogP contribution in [0.3, 0.4) is 0 Å². The summed E-state index contributed by atoms with van der Waals surface area (Å²) in [6, 6.07) is -0.892. The van der Waals surface area contributed by atoms with Crippen molar-refractivity contribution in [2.75, 3.05) is 19.8 Å². The van der Waals surface area contributed by atoms with Gasteiger partial charge in [0.05, 0.1) is 25.4 Å². The molecule has 0 aliphatic carbocycles. The van der Waals surface area contributed by atoms with E-state index in [2.05, 4.69) is 79.9 Å². The lowest BCUT2D eigenvalue weighted by Gasteiger charge is -2.23. The number of carbonyl (C=O) groups excluding carboxylic acids is 1. The lowest BCUT2D eigenvalue weighted by atomic mass is 10.1. The maximum atomic E-state index is 12.7. The van der Waals surface area contributed by atoms with Crippen LogP contribution in [-0.4, -0.2) is 47.8 Å². The van der Waals surface area contributed by atoms with E-state index in [0.29, 0.717) is 6.42 Å². The number of aliphatic hydroxyl groups is 1. The molecule has 3 unspecified atom stereocenters. The summed E-state index contributed by atoms with van der Waals surface area (Å²) < 4.78 is 22.0. The number of phosphoric acid groups is 1. The largest absolute Gasteiger partial charge is 0.472 e. The van der Waals surface area contributed by atoms with Crippen LogP contribution in [0.15, 0.2) is 72.9 Å². The molecule has 0 saturated heterocycles. The molecule has 0 spiro atoms. The third-order valence-electron chi connectivity index (χ3n) is 7.99. The van der Waals surface area contributed by atoms with Gasteiger partial charge in [0.15, 0.2) is 0 Å². The first-order valence-electron chi connectivity index (χ1n) is 19.6. The van der Waals surface area contributed by atoms with Crippen molar-refractivity contribution in [1.82, 2.24) is 5.32 Å². The molecule has 0 aliphatic rings. The van der Waals surface area contributed by atoms with Crippen LogP contribution in [0, 0.1) is 0 Å². The summed E-state index contributed by atoms with van der Waals surface area (Å²) >= 11 is 0. The zero-order valence-electron chi connectivity index (χ0n) is 31.6. The van der Waals surface area contributed by atoms with E-state index in [0.717, 1.165) is 77.0 Å². The van der Waals surface area contributed by atoms with Gasteiger partial charge in [0.2, 0.25) is 5.91 Å². The molecule has 1 amide bonds. The van der Waals surface area contributed by atoms with Gasteiger partial charge in [-0.15, -0.1) is 0 Å². The summed E-state index contributed by atoms with van der Waals surface area (Å²) in [4.78, 5) is 22.6. The summed E-state index contributed by atoms with van der Waals surface area (Å²) in [6.07, 6.45) is 46.8. The average Bonchev–Trinajstić information content (AvgIpc) is 3.10. The van der Waals surface area contributed by atoms with Crippen molar-refractivity contribution in [2.24, 2.45) is 5.73 Å². The van der Waals surface area contributed by atoms with E-state index in [-0.39, 0.29) is 25.7 Å². The molecule has 3 atom stereocenters. The third-order valence-corrected chi connectivity index (χ3v) is 8.98. The second-order valence-electron chi connectivity index (χ2n) is 12.7. The van der Waals surface area contributed by atoms with Gasteiger partial charge in [-0.1, -0.05) is 138 Å². The van der Waals surface area contributed by atoms with Crippen molar-refractivity contribution < 1.29 is 28.4 Å². The Labute approximate surface area is 306 Å². The van der Waals surface area contributed by atoms with E-state index in [1.54, 1.807) is 6.08 Å². The summed E-state index contributed by atoms with van der Waals surface area (Å²) in [5.41, 5.74) is 5.34. The molecule has 0 aromatic heterocycles. The predicted molar refractivity (Wildman–Crippen MR) is 212 cm³/mol. The molecule has 0 aromatic rings. The summed E-state index contributed by atoms with van der Waals surface area (Å²) in [5.74, 6) is -0.227. The highest BCUT2D eigenvalue weighted by Crippen LogP contribution is 2.43. The van der Waals surface area contributed by atoms with Crippen LogP contribution in [0.25, 0.3) is 0 Å². The number of rotatable bonds is 35. The fourth-order valence-electron chi connectivity index (χ4n) is 5.06. The van der Waals surface area contributed by atoms with Crippen molar-refractivity contribution in [3.05, 3.63) is 72.9 Å². The first-order chi connectivity index (χ1) is 24.4. The van der Waals surface area contributed by atoms with Gasteiger partial charge in [-0.25, -0.2) is 4.57 Å². The van der Waals surface area contributed by atoms with Gasteiger partial charge in [0.1, 0.15) is 0 Å². The maximum Gasteiger partial charge on any atom is 0.472 e. The zero-order chi connectivity index (χ0) is 36.8. The third kappa shape index (κ3) is 34.4. The molecule has 0 saturated carbocycles. The highest BCUT2D eigenvalue weighted by molar-refractivity contribution is 7.47. The van der Waals surface area contributed by atoms with Crippen molar-refractivity contribution in [3.63, 3.8) is 0 Å². The summed E-state index contributed by atoms with van der Waals surface area (Å²) in [6.45, 7) is 3.93. The summed E-state index contributed by atoms with van der Waals surface area (Å²) in [5, 5.41) is 13.5. The van der Waals surface area contributed by atoms with E-state index >= 15 is 0 Å². The Hall–Kier alpha value is -2.06. The smallest absolute Gasteiger partial charge is 0.387 e. The minimum atomic E-state index is -4.35. The van der Waals surface area contributed by atoms with Crippen molar-refractivity contribution in [2.45, 2.75) is 161 Å². The Kier molecular flexibility index (Phi) is 35.2. The lowest BCUT2D eigenvalue weighted by molar-refractivity contribution is -0.123. The lowest BCUT2D eigenvalue weighted by Crippen LogP contribution is -2.45. The van der Waals surface area contributed by atoms with Gasteiger partial charge in [0, 0.05) is 13.0 Å². The van der Waals surface area contributed by atoms with Crippen LogP contribution >= 0.6 is 7.82 Å². The molecule has 0 aromatic carbocycles. The molecule has 8 nitrogen and oxygen atoms in total. The Morgan fingerprint density at radius 2 is 1.18 bits per heavy atom. The van der Waals surface area contributed by atoms with Crippen molar-refractivity contribution in [1.29, 1.82) is 0 Å². The van der Waals surface area contributed by atoms with Gasteiger partial charge in [-0.2, -0.15) is 0 Å². The van der Waals surface area contributed by atoms with Crippen molar-refractivity contribution in [3.8, 4) is 0 Å². The highest BCUT2D eigenvalue weighted by atomic mass is 31.2. The van der Waals surface area contributed by atoms with Crippen LogP contribution in [0.1, 0.15) is 149 Å². The van der Waals surface area contributed by atoms with Gasteiger partial charge in [-0.05, 0) is 77.0 Å². The first kappa shape index (κ1) is 47.9. The van der Waals surface area contributed by atoms with E-state index < -0.39 is 20.0 Å². The van der Waals surface area contributed by atoms with E-state index in [4.69, 9.17) is 14.8 Å². The number of amides is 1. The molecule has 288 valence electrons. The van der Waals surface area contributed by atoms with Crippen LogP contribution in [-0.2, 0) is 18.4 Å². The number of hydrogen-bond donors (Lipinski definition) is 4. The monoisotopic (exact) mass is 721 g/mol. The molecule has 5 N–H and O–H groups in total. The van der Waals surface area contributed by atoms with Crippen LogP contribution in [0.4, 0.5) is 0 Å². The predicted octanol–water partition coefficient (Wildman–Crippen LogP) is 10.5. The number of nitrogens with two attached hydrogens (primary N) is 1. The first-order valence-corrected chi connectivity index (χ1v) is 21.1. The highest BCUT2D eigenvalue weighted by Gasteiger charge is 2.26. The molecule has 0 aliphatic heterocycles. The average molecular weight is 721 g/mol. The Balaban J connectivity index is 4.27. The molecule has 0 fully saturated rings. The molecule has 9 heteroatoms. The number of carbonyl (C=O) groups is 1. The quantitative estimate of drug-likeness (QED) is 0.0291. The zero-order valence-corrected chi connectivity index (χ0v) is 32.5.